The summed E-state index contributed by atoms with van der Waals surface area (Å²) in [5.74, 6) is 1.32. The average molecular weight is 536 g/mol. The Kier molecular flexibility index (Phi) is 7.99. The SMILES string of the molecule is CCCc1cc(-c2cccc3c2CCC3C(C)(C)C2Cc3c(C)c(C)c(C)c(C)c3C2)cc(CCC)c1N(C)C. The smallest absolute Gasteiger partial charge is 0.0426 e. The molecule has 0 bridgehead atoms. The molecule has 2 aliphatic carbocycles. The fourth-order valence-corrected chi connectivity index (χ4v) is 8.50. The highest BCUT2D eigenvalue weighted by molar-refractivity contribution is 5.76. The highest BCUT2D eigenvalue weighted by Crippen LogP contribution is 2.54. The van der Waals surface area contributed by atoms with Crippen molar-refractivity contribution in [3.63, 3.8) is 0 Å². The van der Waals surface area contributed by atoms with Crippen LogP contribution in [-0.2, 0) is 32.1 Å². The molecule has 0 amide bonds. The Bertz CT molecular complexity index is 1360. The second-order valence-electron chi connectivity index (χ2n) is 13.9. The summed E-state index contributed by atoms with van der Waals surface area (Å²) in [6.45, 7) is 19.2. The van der Waals surface area contributed by atoms with Gasteiger partial charge < -0.3 is 4.90 Å². The van der Waals surface area contributed by atoms with E-state index in [0.29, 0.717) is 11.8 Å². The van der Waals surface area contributed by atoms with E-state index in [-0.39, 0.29) is 5.41 Å². The van der Waals surface area contributed by atoms with E-state index in [1.54, 1.807) is 33.4 Å². The molecule has 0 saturated carbocycles. The molecule has 3 aromatic carbocycles. The number of benzene rings is 3. The van der Waals surface area contributed by atoms with Gasteiger partial charge in [0.2, 0.25) is 0 Å². The van der Waals surface area contributed by atoms with Gasteiger partial charge in [-0.1, -0.05) is 58.7 Å². The minimum absolute atomic E-state index is 0.263. The molecule has 0 fully saturated rings. The number of hydrogen-bond acceptors (Lipinski definition) is 1. The number of aryl methyl sites for hydroxylation is 2. The lowest BCUT2D eigenvalue weighted by Crippen LogP contribution is -2.31. The first-order chi connectivity index (χ1) is 19.0. The lowest BCUT2D eigenvalue weighted by molar-refractivity contribution is 0.169. The van der Waals surface area contributed by atoms with E-state index in [1.165, 1.54) is 77.6 Å². The summed E-state index contributed by atoms with van der Waals surface area (Å²) in [6, 6.07) is 12.3. The van der Waals surface area contributed by atoms with Crippen molar-refractivity contribution < 1.29 is 0 Å². The first kappa shape index (κ1) is 29.0. The zero-order chi connectivity index (χ0) is 28.9. The minimum atomic E-state index is 0.263. The molecule has 2 aliphatic rings. The molecule has 0 radical (unpaired) electrons. The van der Waals surface area contributed by atoms with Gasteiger partial charge in [-0.15, -0.1) is 0 Å². The van der Waals surface area contributed by atoms with Crippen LogP contribution in [0.4, 0.5) is 5.69 Å². The van der Waals surface area contributed by atoms with Crippen molar-refractivity contribution in [2.45, 2.75) is 113 Å². The van der Waals surface area contributed by atoms with Gasteiger partial charge in [0.15, 0.2) is 0 Å². The number of anilines is 1. The van der Waals surface area contributed by atoms with Crippen LogP contribution in [-0.4, -0.2) is 14.1 Å². The van der Waals surface area contributed by atoms with Crippen molar-refractivity contribution >= 4 is 5.69 Å². The maximum Gasteiger partial charge on any atom is 0.0426 e. The van der Waals surface area contributed by atoms with Gasteiger partial charge in [-0.2, -0.15) is 0 Å². The summed E-state index contributed by atoms with van der Waals surface area (Å²) in [4.78, 5) is 2.35. The fraction of sp³-hybridized carbons (Fsp3) is 0.538. The van der Waals surface area contributed by atoms with Crippen molar-refractivity contribution in [1.82, 2.24) is 0 Å². The van der Waals surface area contributed by atoms with Crippen LogP contribution in [0.25, 0.3) is 11.1 Å². The van der Waals surface area contributed by atoms with Crippen LogP contribution in [0.15, 0.2) is 30.3 Å². The third-order valence-electron chi connectivity index (χ3n) is 11.1. The molecular formula is C39H53N. The summed E-state index contributed by atoms with van der Waals surface area (Å²) in [5, 5.41) is 0. The first-order valence-corrected chi connectivity index (χ1v) is 16.0. The molecule has 0 spiro atoms. The van der Waals surface area contributed by atoms with Gasteiger partial charge >= 0.3 is 0 Å². The summed E-state index contributed by atoms with van der Waals surface area (Å²) < 4.78 is 0. The van der Waals surface area contributed by atoms with E-state index < -0.39 is 0 Å². The lowest BCUT2D eigenvalue weighted by atomic mass is 9.66. The highest BCUT2D eigenvalue weighted by atomic mass is 15.1. The van der Waals surface area contributed by atoms with Crippen LogP contribution in [0, 0.1) is 39.0 Å². The Morgan fingerprint density at radius 2 is 1.32 bits per heavy atom. The Morgan fingerprint density at radius 1 is 0.775 bits per heavy atom. The number of fused-ring (bicyclic) bond motifs is 2. The third-order valence-corrected chi connectivity index (χ3v) is 11.1. The van der Waals surface area contributed by atoms with Crippen LogP contribution in [0.3, 0.4) is 0 Å². The van der Waals surface area contributed by atoms with Crippen LogP contribution in [0.1, 0.15) is 109 Å². The first-order valence-electron chi connectivity index (χ1n) is 16.0. The molecule has 0 heterocycles. The van der Waals surface area contributed by atoms with Crippen LogP contribution >= 0.6 is 0 Å². The Hall–Kier alpha value is -2.54. The monoisotopic (exact) mass is 535 g/mol. The van der Waals surface area contributed by atoms with E-state index >= 15 is 0 Å². The van der Waals surface area contributed by atoms with Gasteiger partial charge in [-0.25, -0.2) is 0 Å². The number of nitrogens with zero attached hydrogens (tertiary/aromatic N) is 1. The summed E-state index contributed by atoms with van der Waals surface area (Å²) in [6.07, 6.45) is 9.62. The molecule has 0 saturated heterocycles. The van der Waals surface area contributed by atoms with Crippen molar-refractivity contribution in [2.24, 2.45) is 11.3 Å². The Labute approximate surface area is 245 Å². The van der Waals surface area contributed by atoms with Crippen molar-refractivity contribution in [2.75, 3.05) is 19.0 Å². The second kappa shape index (κ2) is 11.0. The zero-order valence-electron chi connectivity index (χ0n) is 27.1. The lowest BCUT2D eigenvalue weighted by Gasteiger charge is -2.38. The van der Waals surface area contributed by atoms with Gasteiger partial charge in [0.25, 0.3) is 0 Å². The Balaban J connectivity index is 1.53. The maximum atomic E-state index is 2.59. The molecule has 0 aliphatic heterocycles. The van der Waals surface area contributed by atoms with E-state index in [4.69, 9.17) is 0 Å². The molecule has 3 aromatic rings. The fourth-order valence-electron chi connectivity index (χ4n) is 8.50. The van der Waals surface area contributed by atoms with E-state index in [2.05, 4.69) is 105 Å². The highest BCUT2D eigenvalue weighted by Gasteiger charge is 2.44. The zero-order valence-corrected chi connectivity index (χ0v) is 27.1. The number of rotatable bonds is 8. The minimum Gasteiger partial charge on any atom is -0.377 e. The van der Waals surface area contributed by atoms with Crippen LogP contribution in [0.5, 0.6) is 0 Å². The third kappa shape index (κ3) is 4.72. The normalized spacial score (nSPS) is 16.9. The summed E-state index contributed by atoms with van der Waals surface area (Å²) in [5.41, 5.74) is 20.4. The van der Waals surface area contributed by atoms with E-state index in [1.807, 2.05) is 0 Å². The van der Waals surface area contributed by atoms with Crippen LogP contribution in [0.2, 0.25) is 0 Å². The molecular weight excluding hydrogens is 482 g/mol. The summed E-state index contributed by atoms with van der Waals surface area (Å²) in [7, 11) is 4.43. The Morgan fingerprint density at radius 3 is 1.82 bits per heavy atom. The van der Waals surface area contributed by atoms with Gasteiger partial charge in [0.05, 0.1) is 0 Å². The topological polar surface area (TPSA) is 3.24 Å². The largest absolute Gasteiger partial charge is 0.377 e. The van der Waals surface area contributed by atoms with Crippen molar-refractivity contribution in [3.05, 3.63) is 86.0 Å². The molecule has 0 aromatic heterocycles. The molecule has 1 heteroatoms. The van der Waals surface area contributed by atoms with Crippen molar-refractivity contribution in [1.29, 1.82) is 0 Å². The predicted molar refractivity (Wildman–Crippen MR) is 175 cm³/mol. The molecule has 1 nitrogen and oxygen atoms in total. The molecule has 0 N–H and O–H groups in total. The molecule has 1 atom stereocenters. The van der Waals surface area contributed by atoms with E-state index in [0.717, 1.165) is 12.8 Å². The predicted octanol–water partition coefficient (Wildman–Crippen LogP) is 10.0. The van der Waals surface area contributed by atoms with Crippen LogP contribution < -0.4 is 4.90 Å². The molecule has 40 heavy (non-hydrogen) atoms. The van der Waals surface area contributed by atoms with Crippen molar-refractivity contribution in [3.8, 4) is 11.1 Å². The van der Waals surface area contributed by atoms with Gasteiger partial charge in [-0.3, -0.25) is 0 Å². The molecule has 5 rings (SSSR count). The van der Waals surface area contributed by atoms with Gasteiger partial charge in [0.1, 0.15) is 0 Å². The summed E-state index contributed by atoms with van der Waals surface area (Å²) >= 11 is 0. The number of hydrogen-bond donors (Lipinski definition) is 0. The molecule has 214 valence electrons. The quantitative estimate of drug-likeness (QED) is 0.277. The maximum absolute atomic E-state index is 2.59. The van der Waals surface area contributed by atoms with Gasteiger partial charge in [-0.05, 0) is 162 Å². The molecule has 1 unspecified atom stereocenters. The average Bonchev–Trinajstić information content (AvgIpc) is 3.57. The second-order valence-corrected chi connectivity index (χ2v) is 13.9. The van der Waals surface area contributed by atoms with E-state index in [9.17, 15) is 0 Å². The standard InChI is InChI=1S/C39H53N/c1-11-14-28-20-30(21-29(15-12-2)38(28)40(9)10)32-16-13-17-34-33(32)18-19-37(34)39(7,8)31-22-35-26(5)24(3)25(4)27(6)36(35)23-31/h13,16-17,20-21,31,37H,11-12,14-15,18-19,22-23H2,1-10H3. The van der Waals surface area contributed by atoms with Gasteiger partial charge in [0, 0.05) is 19.8 Å².